The normalized spacial score (nSPS) is 10.8. The van der Waals surface area contributed by atoms with Gasteiger partial charge in [-0.1, -0.05) is 32.0 Å². The van der Waals surface area contributed by atoms with Crippen LogP contribution in [0.15, 0.2) is 36.7 Å². The van der Waals surface area contributed by atoms with E-state index in [-0.39, 0.29) is 24.8 Å². The number of benzene rings is 1. The fourth-order valence-electron chi connectivity index (χ4n) is 2.52. The molecule has 1 aromatic carbocycles. The number of para-hydroxylation sites is 1. The fraction of sp³-hybridized carbons (Fsp3) is 0.389. The van der Waals surface area contributed by atoms with Gasteiger partial charge in [0.05, 0.1) is 23.9 Å². The number of carbonyl (C=O) groups excluding carboxylic acids is 1. The topological polar surface area (TPSA) is 75.4 Å². The van der Waals surface area contributed by atoms with Gasteiger partial charge in [-0.05, 0) is 24.5 Å². The van der Waals surface area contributed by atoms with Crippen LogP contribution in [-0.2, 0) is 4.79 Å². The van der Waals surface area contributed by atoms with Gasteiger partial charge in [0.15, 0.2) is 0 Å². The first-order valence-corrected chi connectivity index (χ1v) is 8.00. The minimum Gasteiger partial charge on any atom is -0.481 e. The molecule has 0 atom stereocenters. The van der Waals surface area contributed by atoms with Crippen molar-refractivity contribution in [1.29, 1.82) is 0 Å². The molecule has 0 aliphatic heterocycles. The second-order valence-electron chi connectivity index (χ2n) is 6.25. The van der Waals surface area contributed by atoms with Crippen LogP contribution in [-0.4, -0.2) is 44.8 Å². The first-order chi connectivity index (χ1) is 11.4. The van der Waals surface area contributed by atoms with Crippen LogP contribution in [0.5, 0.6) is 0 Å². The molecule has 0 fully saturated rings. The van der Waals surface area contributed by atoms with Crippen molar-refractivity contribution in [3.05, 3.63) is 47.8 Å². The predicted molar refractivity (Wildman–Crippen MR) is 91.3 cm³/mol. The van der Waals surface area contributed by atoms with E-state index in [0.29, 0.717) is 12.1 Å². The van der Waals surface area contributed by atoms with Crippen molar-refractivity contribution >= 4 is 11.9 Å². The maximum absolute atomic E-state index is 12.7. The number of aryl methyl sites for hydroxylation is 1. The molecular weight excluding hydrogens is 306 g/mol. The molecule has 2 rings (SSSR count). The zero-order chi connectivity index (χ0) is 17.7. The van der Waals surface area contributed by atoms with Crippen LogP contribution in [0.4, 0.5) is 0 Å². The highest BCUT2D eigenvalue weighted by Crippen LogP contribution is 2.15. The molecule has 0 unspecified atom stereocenters. The van der Waals surface area contributed by atoms with E-state index in [2.05, 4.69) is 5.10 Å². The lowest BCUT2D eigenvalue weighted by Crippen LogP contribution is -2.35. The van der Waals surface area contributed by atoms with E-state index in [1.807, 2.05) is 45.0 Å². The smallest absolute Gasteiger partial charge is 0.305 e. The minimum atomic E-state index is -0.910. The van der Waals surface area contributed by atoms with Crippen molar-refractivity contribution in [3.8, 4) is 5.69 Å². The second-order valence-corrected chi connectivity index (χ2v) is 6.25. The highest BCUT2D eigenvalue weighted by atomic mass is 16.4. The molecule has 0 bridgehead atoms. The number of hydrogen-bond acceptors (Lipinski definition) is 3. The molecule has 2 aromatic rings. The molecule has 1 aromatic heterocycles. The van der Waals surface area contributed by atoms with Gasteiger partial charge in [-0.25, -0.2) is 4.68 Å². The van der Waals surface area contributed by atoms with Crippen molar-refractivity contribution in [2.75, 3.05) is 13.1 Å². The van der Waals surface area contributed by atoms with Crippen molar-refractivity contribution in [3.63, 3.8) is 0 Å². The van der Waals surface area contributed by atoms with E-state index >= 15 is 0 Å². The summed E-state index contributed by atoms with van der Waals surface area (Å²) in [6.07, 6.45) is 3.16. The highest BCUT2D eigenvalue weighted by Gasteiger charge is 2.19. The van der Waals surface area contributed by atoms with Gasteiger partial charge in [0.2, 0.25) is 0 Å². The van der Waals surface area contributed by atoms with Crippen LogP contribution in [0, 0.1) is 12.8 Å². The average molecular weight is 329 g/mol. The molecule has 1 N–H and O–H groups in total. The summed E-state index contributed by atoms with van der Waals surface area (Å²) in [6.45, 7) is 6.69. The molecule has 1 amide bonds. The summed E-state index contributed by atoms with van der Waals surface area (Å²) in [4.78, 5) is 25.1. The Hall–Kier alpha value is -2.63. The lowest BCUT2D eigenvalue weighted by atomic mass is 10.2. The molecule has 6 nitrogen and oxygen atoms in total. The van der Waals surface area contributed by atoms with E-state index in [0.717, 1.165) is 11.3 Å². The van der Waals surface area contributed by atoms with Crippen LogP contribution < -0.4 is 0 Å². The number of carbonyl (C=O) groups is 2. The Balaban J connectivity index is 2.21. The van der Waals surface area contributed by atoms with Crippen molar-refractivity contribution in [1.82, 2.24) is 14.7 Å². The standard InChI is InChI=1S/C18H23N3O3/c1-13(2)11-20(9-8-17(22)23)18(24)15-10-19-21(12-15)16-7-5-4-6-14(16)3/h4-7,10,12-13H,8-9,11H2,1-3H3,(H,22,23). The number of carboxylic acid groups (broad SMARTS) is 1. The van der Waals surface area contributed by atoms with E-state index in [9.17, 15) is 9.59 Å². The quantitative estimate of drug-likeness (QED) is 0.847. The maximum Gasteiger partial charge on any atom is 0.305 e. The van der Waals surface area contributed by atoms with Crippen LogP contribution in [0.2, 0.25) is 0 Å². The molecule has 0 saturated carbocycles. The van der Waals surface area contributed by atoms with Crippen LogP contribution in [0.3, 0.4) is 0 Å². The van der Waals surface area contributed by atoms with Gasteiger partial charge in [-0.15, -0.1) is 0 Å². The van der Waals surface area contributed by atoms with Crippen molar-refractivity contribution < 1.29 is 14.7 Å². The Kier molecular flexibility index (Phi) is 5.73. The van der Waals surface area contributed by atoms with Crippen molar-refractivity contribution in [2.45, 2.75) is 27.2 Å². The second kappa shape index (κ2) is 7.77. The zero-order valence-electron chi connectivity index (χ0n) is 14.3. The molecule has 1 heterocycles. The molecule has 0 radical (unpaired) electrons. The number of aromatic nitrogens is 2. The summed E-state index contributed by atoms with van der Waals surface area (Å²) in [6, 6.07) is 7.79. The van der Waals surface area contributed by atoms with Gasteiger partial charge in [0, 0.05) is 19.3 Å². The van der Waals surface area contributed by atoms with Gasteiger partial charge in [0.25, 0.3) is 5.91 Å². The maximum atomic E-state index is 12.7. The summed E-state index contributed by atoms with van der Waals surface area (Å²) in [5.74, 6) is -0.842. The Morgan fingerprint density at radius 2 is 2.00 bits per heavy atom. The molecule has 6 heteroatoms. The van der Waals surface area contributed by atoms with Gasteiger partial charge >= 0.3 is 5.97 Å². The molecule has 0 aliphatic carbocycles. The lowest BCUT2D eigenvalue weighted by molar-refractivity contribution is -0.137. The fourth-order valence-corrected chi connectivity index (χ4v) is 2.52. The Labute approximate surface area is 141 Å². The van der Waals surface area contributed by atoms with E-state index in [1.165, 1.54) is 6.20 Å². The lowest BCUT2D eigenvalue weighted by Gasteiger charge is -2.23. The van der Waals surface area contributed by atoms with Gasteiger partial charge in [0.1, 0.15) is 0 Å². The third kappa shape index (κ3) is 4.44. The first kappa shape index (κ1) is 17.7. The van der Waals surface area contributed by atoms with E-state index in [1.54, 1.807) is 15.8 Å². The molecule has 128 valence electrons. The molecule has 0 spiro atoms. The zero-order valence-corrected chi connectivity index (χ0v) is 14.3. The third-order valence-corrected chi connectivity index (χ3v) is 3.66. The van der Waals surface area contributed by atoms with Gasteiger partial charge < -0.3 is 10.0 Å². The Morgan fingerprint density at radius 1 is 1.29 bits per heavy atom. The Bertz CT molecular complexity index is 722. The summed E-state index contributed by atoms with van der Waals surface area (Å²) in [5.41, 5.74) is 2.44. The molecule has 0 aliphatic rings. The average Bonchev–Trinajstić information content (AvgIpc) is 3.00. The summed E-state index contributed by atoms with van der Waals surface area (Å²) in [5, 5.41) is 13.2. The van der Waals surface area contributed by atoms with Gasteiger partial charge in [-0.2, -0.15) is 5.10 Å². The summed E-state index contributed by atoms with van der Waals surface area (Å²) >= 11 is 0. The van der Waals surface area contributed by atoms with Crippen LogP contribution >= 0.6 is 0 Å². The molecule has 0 saturated heterocycles. The largest absolute Gasteiger partial charge is 0.481 e. The van der Waals surface area contributed by atoms with Crippen LogP contribution in [0.25, 0.3) is 5.69 Å². The summed E-state index contributed by atoms with van der Waals surface area (Å²) < 4.78 is 1.67. The molecular formula is C18H23N3O3. The number of nitrogens with zero attached hydrogens (tertiary/aromatic N) is 3. The summed E-state index contributed by atoms with van der Waals surface area (Å²) in [7, 11) is 0. The monoisotopic (exact) mass is 329 g/mol. The van der Waals surface area contributed by atoms with Crippen LogP contribution in [0.1, 0.15) is 36.2 Å². The third-order valence-electron chi connectivity index (χ3n) is 3.66. The molecule has 24 heavy (non-hydrogen) atoms. The van der Waals surface area contributed by atoms with Crippen molar-refractivity contribution in [2.24, 2.45) is 5.92 Å². The van der Waals surface area contributed by atoms with E-state index in [4.69, 9.17) is 5.11 Å². The van der Waals surface area contributed by atoms with E-state index < -0.39 is 5.97 Å². The first-order valence-electron chi connectivity index (χ1n) is 8.00. The minimum absolute atomic E-state index is 0.0651. The number of rotatable bonds is 7. The number of aliphatic carboxylic acids is 1. The number of amides is 1. The highest BCUT2D eigenvalue weighted by molar-refractivity contribution is 5.94. The Morgan fingerprint density at radius 3 is 2.62 bits per heavy atom. The number of hydrogen-bond donors (Lipinski definition) is 1. The van der Waals surface area contributed by atoms with Gasteiger partial charge in [-0.3, -0.25) is 9.59 Å². The predicted octanol–water partition coefficient (Wildman–Crippen LogP) is 2.75. The SMILES string of the molecule is Cc1ccccc1-n1cc(C(=O)N(CCC(=O)O)CC(C)C)cn1. The number of carboxylic acids is 1.